The van der Waals surface area contributed by atoms with E-state index in [1.807, 2.05) is 51.1 Å². The van der Waals surface area contributed by atoms with E-state index in [1.54, 1.807) is 6.20 Å². The number of rotatable bonds is 18. The van der Waals surface area contributed by atoms with Gasteiger partial charge in [0.05, 0.1) is 31.2 Å². The number of thioether (sulfide) groups is 1. The molecule has 0 spiro atoms. The molecule has 1 aromatic carbocycles. The molecule has 12 heteroatoms. The number of carbonyl (C=O) groups excluding carboxylic acids is 3. The van der Waals surface area contributed by atoms with E-state index < -0.39 is 27.8 Å². The smallest absolute Gasteiger partial charge is 0.316 e. The van der Waals surface area contributed by atoms with Crippen molar-refractivity contribution in [3.8, 4) is 5.75 Å². The molecule has 2 bridgehead atoms. The van der Waals surface area contributed by atoms with E-state index in [4.69, 9.17) is 9.47 Å². The van der Waals surface area contributed by atoms with Gasteiger partial charge in [0.15, 0.2) is 0 Å². The third kappa shape index (κ3) is 9.60. The largest absolute Gasteiger partial charge is 0.494 e. The van der Waals surface area contributed by atoms with Crippen molar-refractivity contribution >= 4 is 35.1 Å². The van der Waals surface area contributed by atoms with Crippen molar-refractivity contribution in [3.63, 3.8) is 0 Å². The van der Waals surface area contributed by atoms with E-state index in [-0.39, 0.29) is 53.1 Å². The summed E-state index contributed by atoms with van der Waals surface area (Å²) >= 11 is 1.42. The molecule has 0 unspecified atom stereocenters. The van der Waals surface area contributed by atoms with Crippen molar-refractivity contribution in [3.05, 3.63) is 48.8 Å². The molecule has 1 heterocycles. The quantitative estimate of drug-likeness (QED) is 0.0797. The van der Waals surface area contributed by atoms with E-state index in [1.165, 1.54) is 35.7 Å². The number of carbonyl (C=O) groups is 3. The molecule has 3 aliphatic rings. The number of nitrogens with zero attached hydrogens (tertiary/aromatic N) is 3. The normalized spacial score (nSPS) is 30.5. The van der Waals surface area contributed by atoms with Gasteiger partial charge in [0, 0.05) is 40.1 Å². The number of anilines is 1. The zero-order valence-corrected chi connectivity index (χ0v) is 35.0. The number of amides is 1. The summed E-state index contributed by atoms with van der Waals surface area (Å²) in [7, 11) is 0. The first-order valence-electron chi connectivity index (χ1n) is 20.4. The Bertz CT molecular complexity index is 1650. The summed E-state index contributed by atoms with van der Waals surface area (Å²) in [6.07, 6.45) is 10.5. The fourth-order valence-corrected chi connectivity index (χ4v) is 10.3. The van der Waals surface area contributed by atoms with Gasteiger partial charge in [-0.25, -0.2) is 4.68 Å². The van der Waals surface area contributed by atoms with Crippen LogP contribution in [0.5, 0.6) is 5.75 Å². The zero-order valence-electron chi connectivity index (χ0n) is 34.2. The minimum Gasteiger partial charge on any atom is -0.494 e. The molecule has 3 saturated carbocycles. The molecule has 8 atom stereocenters. The zero-order chi connectivity index (χ0) is 40.0. The third-order valence-corrected chi connectivity index (χ3v) is 14.7. The Kier molecular flexibility index (Phi) is 13.9. The standard InChI is InChI=1S/C43H65N5O6S/c1-9-11-12-13-22-53-33-16-14-31(15-17-33)44-24-32-25-48(47-46-32)26-36(50)45-28-40(5,6)55-27-37(51)54-35-23-41(7,10-2)39(52)30(4)43-20-18-29(3)42(35,8)38(43)34(49)19-21-43/h10,14-17,25,29-30,35,38-39,44,52H,2,9,11-13,18-24,26-28H2,1,3-8H3,(H,45,50)/t29-,30+,35-,38+,39+,41-,42+,43+/m1/s1. The molecule has 0 radical (unpaired) electrons. The van der Waals surface area contributed by atoms with Crippen LogP contribution in [0.2, 0.25) is 0 Å². The molecule has 1 aromatic heterocycles. The van der Waals surface area contributed by atoms with Crippen LogP contribution in [-0.2, 0) is 32.2 Å². The Morgan fingerprint density at radius 2 is 1.89 bits per heavy atom. The first-order chi connectivity index (χ1) is 26.1. The second kappa shape index (κ2) is 17.8. The average Bonchev–Trinajstić information content (AvgIpc) is 3.77. The van der Waals surface area contributed by atoms with Gasteiger partial charge in [0.25, 0.3) is 0 Å². The highest BCUT2D eigenvalue weighted by molar-refractivity contribution is 8.01. The minimum absolute atomic E-state index is 0.0203. The van der Waals surface area contributed by atoms with Gasteiger partial charge < -0.3 is 25.2 Å². The Morgan fingerprint density at radius 3 is 2.60 bits per heavy atom. The lowest BCUT2D eigenvalue weighted by Gasteiger charge is -2.61. The van der Waals surface area contributed by atoms with Crippen molar-refractivity contribution in [2.75, 3.05) is 24.2 Å². The van der Waals surface area contributed by atoms with Gasteiger partial charge in [-0.15, -0.1) is 23.4 Å². The molecular weight excluding hydrogens is 715 g/mol. The molecule has 2 aromatic rings. The van der Waals surface area contributed by atoms with Gasteiger partial charge >= 0.3 is 5.97 Å². The molecular formula is C43H65N5O6S. The molecule has 3 N–H and O–H groups in total. The highest BCUT2D eigenvalue weighted by Crippen LogP contribution is 2.68. The summed E-state index contributed by atoms with van der Waals surface area (Å²) in [6, 6.07) is 7.85. The van der Waals surface area contributed by atoms with Crippen molar-refractivity contribution < 1.29 is 29.0 Å². The fraction of sp³-hybridized carbons (Fsp3) is 0.698. The van der Waals surface area contributed by atoms with E-state index in [2.05, 4.69) is 55.2 Å². The van der Waals surface area contributed by atoms with Crippen LogP contribution < -0.4 is 15.4 Å². The van der Waals surface area contributed by atoms with Crippen LogP contribution in [0.15, 0.2) is 43.1 Å². The Hall–Kier alpha value is -3.38. The second-order valence-corrected chi connectivity index (χ2v) is 19.3. The SMILES string of the molecule is C=C[C@]1(C)C[C@@H](OC(=O)CSC(C)(C)CNC(=O)Cn2cc(CNc3ccc(OCCCCCC)cc3)nn2)[C@]2(C)[C@H](C)CC[C@]3(CCC(=O)[C@H]32)[C@@H](C)[C@@H]1O. The van der Waals surface area contributed by atoms with Crippen molar-refractivity contribution in [2.45, 2.75) is 136 Å². The highest BCUT2D eigenvalue weighted by Gasteiger charge is 2.68. The van der Waals surface area contributed by atoms with Crippen LogP contribution in [-0.4, -0.2) is 73.6 Å². The number of hydrogen-bond acceptors (Lipinski definition) is 10. The number of nitrogens with one attached hydrogen (secondary N) is 2. The molecule has 5 rings (SSSR count). The molecule has 304 valence electrons. The van der Waals surface area contributed by atoms with Crippen LogP contribution in [0, 0.1) is 34.0 Å². The first-order valence-corrected chi connectivity index (χ1v) is 21.4. The number of ether oxygens (including phenoxy) is 2. The molecule has 3 fully saturated rings. The van der Waals surface area contributed by atoms with E-state index in [0.29, 0.717) is 31.6 Å². The number of aliphatic hydroxyl groups is 1. The van der Waals surface area contributed by atoms with Crippen LogP contribution in [0.25, 0.3) is 0 Å². The third-order valence-electron chi connectivity index (χ3n) is 13.4. The molecule has 1 amide bonds. The number of aromatic nitrogens is 3. The predicted molar refractivity (Wildman–Crippen MR) is 218 cm³/mol. The van der Waals surface area contributed by atoms with Gasteiger partial charge in [-0.05, 0) is 87.5 Å². The summed E-state index contributed by atoms with van der Waals surface area (Å²) in [4.78, 5) is 40.3. The van der Waals surface area contributed by atoms with E-state index in [0.717, 1.165) is 43.7 Å². The lowest BCUT2D eigenvalue weighted by atomic mass is 9.44. The number of hydrogen-bond donors (Lipinski definition) is 3. The summed E-state index contributed by atoms with van der Waals surface area (Å²) < 4.78 is 13.3. The second-order valence-electron chi connectivity index (χ2n) is 17.6. The molecule has 3 aliphatic carbocycles. The summed E-state index contributed by atoms with van der Waals surface area (Å²) in [5.74, 6) is 0.438. The number of unbranched alkanes of at least 4 members (excludes halogenated alkanes) is 3. The molecule has 0 aliphatic heterocycles. The predicted octanol–water partition coefficient (Wildman–Crippen LogP) is 7.38. The monoisotopic (exact) mass is 779 g/mol. The first kappa shape index (κ1) is 42.8. The topological polar surface area (TPSA) is 145 Å². The number of benzene rings is 1. The fourth-order valence-electron chi connectivity index (χ4n) is 9.59. The van der Waals surface area contributed by atoms with Crippen LogP contribution in [0.1, 0.15) is 112 Å². The van der Waals surface area contributed by atoms with Crippen LogP contribution in [0.3, 0.4) is 0 Å². The molecule has 0 saturated heterocycles. The lowest BCUT2D eigenvalue weighted by Crippen LogP contribution is -2.63. The van der Waals surface area contributed by atoms with E-state index in [9.17, 15) is 19.5 Å². The van der Waals surface area contributed by atoms with Gasteiger partial charge in [0.1, 0.15) is 29.9 Å². The number of Topliss-reactive ketones (excluding diaryl/α,β-unsaturated/α-hetero) is 1. The van der Waals surface area contributed by atoms with Crippen molar-refractivity contribution in [1.82, 2.24) is 20.3 Å². The molecule has 55 heavy (non-hydrogen) atoms. The summed E-state index contributed by atoms with van der Waals surface area (Å²) in [5.41, 5.74) is 0.0903. The number of aliphatic hydroxyl groups excluding tert-OH is 1. The summed E-state index contributed by atoms with van der Waals surface area (Å²) in [5, 5.41) is 26.4. The number of esters is 1. The van der Waals surface area contributed by atoms with Gasteiger partial charge in [-0.1, -0.05) is 65.2 Å². The van der Waals surface area contributed by atoms with E-state index >= 15 is 0 Å². The Balaban J connectivity index is 1.10. The van der Waals surface area contributed by atoms with Crippen molar-refractivity contribution in [1.29, 1.82) is 0 Å². The average molecular weight is 780 g/mol. The molecule has 11 nitrogen and oxygen atoms in total. The Labute approximate surface area is 332 Å². The maximum Gasteiger partial charge on any atom is 0.316 e. The number of ketones is 1. The van der Waals surface area contributed by atoms with Gasteiger partial charge in [-0.3, -0.25) is 14.4 Å². The maximum atomic E-state index is 13.7. The maximum absolute atomic E-state index is 13.7. The minimum atomic E-state index is -0.705. The van der Waals surface area contributed by atoms with Crippen LogP contribution in [0.4, 0.5) is 5.69 Å². The van der Waals surface area contributed by atoms with Gasteiger partial charge in [-0.2, -0.15) is 0 Å². The Morgan fingerprint density at radius 1 is 1.15 bits per heavy atom. The highest BCUT2D eigenvalue weighted by atomic mass is 32.2. The van der Waals surface area contributed by atoms with Gasteiger partial charge in [0.2, 0.25) is 5.91 Å². The van der Waals surface area contributed by atoms with Crippen molar-refractivity contribution in [2.24, 2.45) is 34.0 Å². The van der Waals surface area contributed by atoms with Crippen LogP contribution >= 0.6 is 11.8 Å². The summed E-state index contributed by atoms with van der Waals surface area (Å²) in [6.45, 7) is 20.3. The lowest BCUT2D eigenvalue weighted by molar-refractivity contribution is -0.205.